The van der Waals surface area contributed by atoms with Gasteiger partial charge in [0.1, 0.15) is 0 Å². The van der Waals surface area contributed by atoms with Crippen molar-refractivity contribution in [1.82, 2.24) is 4.90 Å². The summed E-state index contributed by atoms with van der Waals surface area (Å²) >= 11 is 0. The monoisotopic (exact) mass is 299 g/mol. The summed E-state index contributed by atoms with van der Waals surface area (Å²) in [4.78, 5) is 24.3. The molecule has 1 amide bonds. The van der Waals surface area contributed by atoms with E-state index in [0.717, 1.165) is 12.8 Å². The highest BCUT2D eigenvalue weighted by molar-refractivity contribution is 5.94. The largest absolute Gasteiger partial charge is 0.339 e. The van der Waals surface area contributed by atoms with Gasteiger partial charge in [-0.1, -0.05) is 0 Å². The van der Waals surface area contributed by atoms with Gasteiger partial charge >= 0.3 is 0 Å². The lowest BCUT2D eigenvalue weighted by Gasteiger charge is -2.30. The van der Waals surface area contributed by atoms with Gasteiger partial charge in [0.15, 0.2) is 0 Å². The smallest absolute Gasteiger partial charge is 0.272 e. The summed E-state index contributed by atoms with van der Waals surface area (Å²) in [5.74, 6) is -0.0788. The van der Waals surface area contributed by atoms with Crippen LogP contribution in [0.2, 0.25) is 0 Å². The molecule has 0 spiro atoms. The van der Waals surface area contributed by atoms with Gasteiger partial charge in [-0.2, -0.15) is 0 Å². The van der Waals surface area contributed by atoms with Crippen molar-refractivity contribution in [2.75, 3.05) is 13.1 Å². The summed E-state index contributed by atoms with van der Waals surface area (Å²) in [5, 5.41) is 10.7. The van der Waals surface area contributed by atoms with Crippen LogP contribution in [0, 0.1) is 17.0 Å². The van der Waals surface area contributed by atoms with Crippen LogP contribution >= 0.6 is 12.4 Å². The molecule has 1 heterocycles. The molecular formula is C13H18ClN3O3. The van der Waals surface area contributed by atoms with Crippen LogP contribution in [0.5, 0.6) is 0 Å². The molecule has 20 heavy (non-hydrogen) atoms. The van der Waals surface area contributed by atoms with Crippen molar-refractivity contribution in [3.8, 4) is 0 Å². The van der Waals surface area contributed by atoms with Gasteiger partial charge in [0, 0.05) is 36.3 Å². The Labute approximate surface area is 123 Å². The molecule has 0 unspecified atom stereocenters. The standard InChI is InChI=1S/C13H17N3O3.ClH/c1-9-8-10(2-3-12(9)16(18)19)13(17)15-6-4-11(14)5-7-15;/h2-3,8,11H,4-7,14H2,1H3;1H. The predicted octanol–water partition coefficient (Wildman–Crippen LogP) is 1.89. The third-order valence-corrected chi connectivity index (χ3v) is 3.47. The molecule has 0 atom stereocenters. The van der Waals surface area contributed by atoms with Gasteiger partial charge in [-0.05, 0) is 31.9 Å². The second-order valence-electron chi connectivity index (χ2n) is 4.89. The van der Waals surface area contributed by atoms with Crippen molar-refractivity contribution in [2.24, 2.45) is 5.73 Å². The van der Waals surface area contributed by atoms with Crippen molar-refractivity contribution in [1.29, 1.82) is 0 Å². The lowest BCUT2D eigenvalue weighted by atomic mass is 10.0. The SMILES string of the molecule is Cc1cc(C(=O)N2CCC(N)CC2)ccc1[N+](=O)[O-].Cl. The Hall–Kier alpha value is -1.66. The summed E-state index contributed by atoms with van der Waals surface area (Å²) in [6.07, 6.45) is 1.61. The molecule has 0 radical (unpaired) electrons. The van der Waals surface area contributed by atoms with E-state index in [9.17, 15) is 14.9 Å². The summed E-state index contributed by atoms with van der Waals surface area (Å²) < 4.78 is 0. The molecule has 0 bridgehead atoms. The van der Waals surface area contributed by atoms with E-state index in [0.29, 0.717) is 24.2 Å². The molecule has 2 N–H and O–H groups in total. The molecule has 0 aliphatic carbocycles. The van der Waals surface area contributed by atoms with E-state index >= 15 is 0 Å². The maximum atomic E-state index is 12.3. The molecule has 1 aromatic carbocycles. The highest BCUT2D eigenvalue weighted by Gasteiger charge is 2.22. The quantitative estimate of drug-likeness (QED) is 0.667. The molecule has 1 aromatic rings. The number of amides is 1. The van der Waals surface area contributed by atoms with Gasteiger partial charge in [-0.15, -0.1) is 12.4 Å². The zero-order valence-electron chi connectivity index (χ0n) is 11.2. The van der Waals surface area contributed by atoms with Crippen LogP contribution in [-0.2, 0) is 0 Å². The van der Waals surface area contributed by atoms with Crippen LogP contribution in [0.3, 0.4) is 0 Å². The van der Waals surface area contributed by atoms with Gasteiger partial charge in [0.2, 0.25) is 0 Å². The van der Waals surface area contributed by atoms with Crippen molar-refractivity contribution in [3.63, 3.8) is 0 Å². The zero-order valence-corrected chi connectivity index (χ0v) is 12.1. The number of nitro groups is 1. The third-order valence-electron chi connectivity index (χ3n) is 3.47. The fourth-order valence-corrected chi connectivity index (χ4v) is 2.28. The van der Waals surface area contributed by atoms with Crippen LogP contribution in [0.1, 0.15) is 28.8 Å². The van der Waals surface area contributed by atoms with Crippen LogP contribution in [0.15, 0.2) is 18.2 Å². The van der Waals surface area contributed by atoms with E-state index in [1.165, 1.54) is 12.1 Å². The lowest BCUT2D eigenvalue weighted by molar-refractivity contribution is -0.385. The Balaban J connectivity index is 0.00000200. The lowest BCUT2D eigenvalue weighted by Crippen LogP contribution is -2.42. The molecule has 2 rings (SSSR count). The second-order valence-corrected chi connectivity index (χ2v) is 4.89. The number of carbonyl (C=O) groups is 1. The number of nitro benzene ring substituents is 1. The predicted molar refractivity (Wildman–Crippen MR) is 78.2 cm³/mol. The van der Waals surface area contributed by atoms with E-state index in [1.807, 2.05) is 0 Å². The van der Waals surface area contributed by atoms with E-state index in [-0.39, 0.29) is 30.0 Å². The molecule has 1 fully saturated rings. The highest BCUT2D eigenvalue weighted by Crippen LogP contribution is 2.20. The van der Waals surface area contributed by atoms with Crippen molar-refractivity contribution in [2.45, 2.75) is 25.8 Å². The number of likely N-dealkylation sites (tertiary alicyclic amines) is 1. The van der Waals surface area contributed by atoms with Crippen LogP contribution in [0.4, 0.5) is 5.69 Å². The Morgan fingerprint density at radius 3 is 2.50 bits per heavy atom. The summed E-state index contributed by atoms with van der Waals surface area (Å²) in [7, 11) is 0. The molecule has 0 saturated carbocycles. The fourth-order valence-electron chi connectivity index (χ4n) is 2.28. The first-order valence-corrected chi connectivity index (χ1v) is 6.29. The number of rotatable bonds is 2. The van der Waals surface area contributed by atoms with Gasteiger partial charge < -0.3 is 10.6 Å². The molecule has 7 heteroatoms. The Morgan fingerprint density at radius 1 is 1.40 bits per heavy atom. The summed E-state index contributed by atoms with van der Waals surface area (Å²) in [6.45, 7) is 2.94. The number of nitrogens with zero attached hydrogens (tertiary/aromatic N) is 2. The number of benzene rings is 1. The zero-order chi connectivity index (χ0) is 14.0. The van der Waals surface area contributed by atoms with E-state index in [2.05, 4.69) is 0 Å². The Kier molecular flexibility index (Phi) is 5.47. The highest BCUT2D eigenvalue weighted by atomic mass is 35.5. The van der Waals surface area contributed by atoms with Crippen LogP contribution in [-0.4, -0.2) is 34.9 Å². The number of piperidine rings is 1. The first-order valence-electron chi connectivity index (χ1n) is 6.29. The van der Waals surface area contributed by atoms with Gasteiger partial charge in [-0.3, -0.25) is 14.9 Å². The van der Waals surface area contributed by atoms with Crippen molar-refractivity contribution < 1.29 is 9.72 Å². The van der Waals surface area contributed by atoms with Gasteiger partial charge in [0.05, 0.1) is 4.92 Å². The first kappa shape index (κ1) is 16.4. The minimum Gasteiger partial charge on any atom is -0.339 e. The molecule has 1 saturated heterocycles. The number of hydrogen-bond acceptors (Lipinski definition) is 4. The molecule has 0 aromatic heterocycles. The number of halogens is 1. The third kappa shape index (κ3) is 3.46. The molecule has 6 nitrogen and oxygen atoms in total. The molecule has 1 aliphatic heterocycles. The minimum atomic E-state index is -0.441. The Morgan fingerprint density at radius 2 is 2.00 bits per heavy atom. The second kappa shape index (κ2) is 6.67. The number of aryl methyl sites for hydroxylation is 1. The average Bonchev–Trinajstić information content (AvgIpc) is 2.38. The van der Waals surface area contributed by atoms with E-state index in [4.69, 9.17) is 5.73 Å². The summed E-state index contributed by atoms with van der Waals surface area (Å²) in [6, 6.07) is 4.65. The topological polar surface area (TPSA) is 89.5 Å². The van der Waals surface area contributed by atoms with Crippen LogP contribution < -0.4 is 5.73 Å². The maximum absolute atomic E-state index is 12.3. The number of hydrogen-bond donors (Lipinski definition) is 1. The van der Waals surface area contributed by atoms with E-state index < -0.39 is 4.92 Å². The minimum absolute atomic E-state index is 0. The molecule has 110 valence electrons. The van der Waals surface area contributed by atoms with E-state index in [1.54, 1.807) is 17.9 Å². The maximum Gasteiger partial charge on any atom is 0.272 e. The number of carbonyl (C=O) groups excluding carboxylic acids is 1. The van der Waals surface area contributed by atoms with Crippen molar-refractivity contribution >= 4 is 24.0 Å². The molecule has 1 aliphatic rings. The number of nitrogens with two attached hydrogens (primary N) is 1. The van der Waals surface area contributed by atoms with Crippen LogP contribution in [0.25, 0.3) is 0 Å². The Bertz CT molecular complexity index is 514. The van der Waals surface area contributed by atoms with Gasteiger partial charge in [-0.25, -0.2) is 0 Å². The first-order chi connectivity index (χ1) is 8.99. The fraction of sp³-hybridized carbons (Fsp3) is 0.462. The van der Waals surface area contributed by atoms with Gasteiger partial charge in [0.25, 0.3) is 11.6 Å². The average molecular weight is 300 g/mol. The normalized spacial score (nSPS) is 15.6. The summed E-state index contributed by atoms with van der Waals surface area (Å²) in [5.41, 5.74) is 6.84. The molecular weight excluding hydrogens is 282 g/mol. The van der Waals surface area contributed by atoms with Crippen molar-refractivity contribution in [3.05, 3.63) is 39.4 Å².